The quantitative estimate of drug-likeness (QED) is 0.718. The maximum atomic E-state index is 12.4. The average molecular weight is 309 g/mol. The predicted octanol–water partition coefficient (Wildman–Crippen LogP) is 1.74. The van der Waals surface area contributed by atoms with Gasteiger partial charge in [0.1, 0.15) is 0 Å². The summed E-state index contributed by atoms with van der Waals surface area (Å²) in [5.41, 5.74) is 7.18. The molecular formula is C12H10F3N7. The molecule has 0 saturated carbocycles. The number of anilines is 1. The van der Waals surface area contributed by atoms with Gasteiger partial charge in [-0.3, -0.25) is 0 Å². The highest BCUT2D eigenvalue weighted by atomic mass is 19.4. The Balaban J connectivity index is 2.02. The molecule has 3 aromatic rings. The smallest absolute Gasteiger partial charge is 0.394 e. The Labute approximate surface area is 121 Å². The van der Waals surface area contributed by atoms with Crippen LogP contribution in [0.5, 0.6) is 0 Å². The summed E-state index contributed by atoms with van der Waals surface area (Å²) in [7, 11) is 0. The van der Waals surface area contributed by atoms with Crippen LogP contribution in [0.25, 0.3) is 17.1 Å². The van der Waals surface area contributed by atoms with Gasteiger partial charge < -0.3 is 5.73 Å². The Morgan fingerprint density at radius 2 is 2.05 bits per heavy atom. The summed E-state index contributed by atoms with van der Waals surface area (Å²) in [6.45, 7) is 0. The van der Waals surface area contributed by atoms with E-state index < -0.39 is 12.6 Å². The fraction of sp³-hybridized carbons (Fsp3) is 0.167. The van der Waals surface area contributed by atoms with Gasteiger partial charge in [-0.05, 0) is 34.7 Å². The summed E-state index contributed by atoms with van der Waals surface area (Å²) in [4.78, 5) is 0. The number of halogens is 3. The number of nitrogen functional groups attached to an aromatic ring is 1. The number of tetrazole rings is 1. The molecule has 3 rings (SSSR count). The highest BCUT2D eigenvalue weighted by Gasteiger charge is 2.29. The van der Waals surface area contributed by atoms with Gasteiger partial charge in [0.15, 0.2) is 5.82 Å². The van der Waals surface area contributed by atoms with Crippen LogP contribution in [0.15, 0.2) is 30.5 Å². The number of hydrogen-bond donors (Lipinski definition) is 2. The number of nitrogens with one attached hydrogen (secondary N) is 1. The Hall–Kier alpha value is -2.91. The zero-order valence-electron chi connectivity index (χ0n) is 11.0. The molecule has 10 heteroatoms. The largest absolute Gasteiger partial charge is 0.399 e. The van der Waals surface area contributed by atoms with Crippen molar-refractivity contribution in [3.63, 3.8) is 0 Å². The maximum absolute atomic E-state index is 12.4. The van der Waals surface area contributed by atoms with E-state index in [2.05, 4.69) is 25.7 Å². The van der Waals surface area contributed by atoms with E-state index in [0.717, 1.165) is 0 Å². The lowest BCUT2D eigenvalue weighted by molar-refractivity contribution is -0.127. The van der Waals surface area contributed by atoms with E-state index in [1.54, 1.807) is 18.2 Å². The summed E-state index contributed by atoms with van der Waals surface area (Å²) >= 11 is 0. The van der Waals surface area contributed by atoms with E-state index in [0.29, 0.717) is 22.8 Å². The minimum absolute atomic E-state index is 0.0778. The maximum Gasteiger partial charge on any atom is 0.394 e. The van der Waals surface area contributed by atoms with Crippen LogP contribution in [0.3, 0.4) is 0 Å². The van der Waals surface area contributed by atoms with Crippen LogP contribution in [0, 0.1) is 0 Å². The molecule has 0 radical (unpaired) electrons. The van der Waals surface area contributed by atoms with Gasteiger partial charge >= 0.3 is 6.18 Å². The number of rotatable bonds is 3. The highest BCUT2D eigenvalue weighted by Crippen LogP contribution is 2.26. The molecule has 0 aliphatic heterocycles. The Morgan fingerprint density at radius 3 is 2.73 bits per heavy atom. The van der Waals surface area contributed by atoms with Crippen LogP contribution in [-0.2, 0) is 6.42 Å². The number of benzene rings is 1. The molecule has 0 amide bonds. The van der Waals surface area contributed by atoms with Crippen LogP contribution in [-0.4, -0.2) is 36.6 Å². The van der Waals surface area contributed by atoms with Crippen LogP contribution in [0.2, 0.25) is 0 Å². The SMILES string of the molecule is Nc1ccc(-n2ccc(CC(F)(F)F)n2)c(-c2nnn[nH]2)c1. The number of hydrogen-bond acceptors (Lipinski definition) is 5. The number of alkyl halides is 3. The second-order valence-corrected chi connectivity index (χ2v) is 4.57. The van der Waals surface area contributed by atoms with Crippen molar-refractivity contribution in [1.29, 1.82) is 0 Å². The van der Waals surface area contributed by atoms with Gasteiger partial charge in [-0.2, -0.15) is 18.3 Å². The molecule has 2 aromatic heterocycles. The topological polar surface area (TPSA) is 98.3 Å². The number of nitrogens with two attached hydrogens (primary N) is 1. The van der Waals surface area contributed by atoms with Crippen molar-refractivity contribution in [3.8, 4) is 17.1 Å². The van der Waals surface area contributed by atoms with Gasteiger partial charge in [0.05, 0.1) is 17.8 Å². The van der Waals surface area contributed by atoms with E-state index >= 15 is 0 Å². The lowest BCUT2D eigenvalue weighted by atomic mass is 10.1. The molecule has 0 saturated heterocycles. The van der Waals surface area contributed by atoms with E-state index in [-0.39, 0.29) is 5.69 Å². The van der Waals surface area contributed by atoms with Crippen molar-refractivity contribution < 1.29 is 13.2 Å². The third-order valence-corrected chi connectivity index (χ3v) is 2.89. The molecule has 22 heavy (non-hydrogen) atoms. The fourth-order valence-electron chi connectivity index (χ4n) is 2.01. The molecule has 114 valence electrons. The van der Waals surface area contributed by atoms with Gasteiger partial charge in [0.25, 0.3) is 0 Å². The fourth-order valence-corrected chi connectivity index (χ4v) is 2.01. The number of aromatic amines is 1. The molecular weight excluding hydrogens is 299 g/mol. The van der Waals surface area contributed by atoms with Crippen LogP contribution in [0.1, 0.15) is 5.69 Å². The van der Waals surface area contributed by atoms with Crippen LogP contribution in [0.4, 0.5) is 18.9 Å². The minimum atomic E-state index is -4.31. The molecule has 0 aliphatic carbocycles. The molecule has 0 fully saturated rings. The standard InChI is InChI=1S/C12H10F3N7/c13-12(14,15)6-8-3-4-22(19-8)10-2-1-7(16)5-9(10)11-17-20-21-18-11/h1-5H,6,16H2,(H,17,18,20,21). The first-order chi connectivity index (χ1) is 10.4. The van der Waals surface area contributed by atoms with Gasteiger partial charge in [-0.25, -0.2) is 9.78 Å². The lowest BCUT2D eigenvalue weighted by Gasteiger charge is -2.08. The van der Waals surface area contributed by atoms with Gasteiger partial charge in [0.2, 0.25) is 0 Å². The van der Waals surface area contributed by atoms with Crippen molar-refractivity contribution in [2.45, 2.75) is 12.6 Å². The normalized spacial score (nSPS) is 11.8. The third kappa shape index (κ3) is 2.90. The van der Waals surface area contributed by atoms with Crippen molar-refractivity contribution in [2.24, 2.45) is 0 Å². The highest BCUT2D eigenvalue weighted by molar-refractivity contribution is 5.71. The predicted molar refractivity (Wildman–Crippen MR) is 70.9 cm³/mol. The summed E-state index contributed by atoms with van der Waals surface area (Å²) < 4.78 is 38.6. The molecule has 3 N–H and O–H groups in total. The van der Waals surface area contributed by atoms with E-state index in [1.165, 1.54) is 16.9 Å². The van der Waals surface area contributed by atoms with Crippen molar-refractivity contribution in [1.82, 2.24) is 30.4 Å². The van der Waals surface area contributed by atoms with Crippen molar-refractivity contribution >= 4 is 5.69 Å². The summed E-state index contributed by atoms with van der Waals surface area (Å²) in [6, 6.07) is 6.18. The van der Waals surface area contributed by atoms with Gasteiger partial charge in [-0.1, -0.05) is 0 Å². The Kier molecular flexibility index (Phi) is 3.28. The monoisotopic (exact) mass is 309 g/mol. The molecule has 0 spiro atoms. The number of nitrogens with zero attached hydrogens (tertiary/aromatic N) is 5. The van der Waals surface area contributed by atoms with Crippen molar-refractivity contribution in [2.75, 3.05) is 5.73 Å². The molecule has 2 heterocycles. The summed E-state index contributed by atoms with van der Waals surface area (Å²) in [6.07, 6.45) is -3.95. The Bertz CT molecular complexity index is 776. The lowest BCUT2D eigenvalue weighted by Crippen LogP contribution is -2.12. The summed E-state index contributed by atoms with van der Waals surface area (Å²) in [5.74, 6) is 0.343. The first kappa shape index (κ1) is 14.0. The molecule has 0 atom stereocenters. The Morgan fingerprint density at radius 1 is 1.23 bits per heavy atom. The van der Waals surface area contributed by atoms with E-state index in [1.807, 2.05) is 0 Å². The molecule has 0 aliphatic rings. The van der Waals surface area contributed by atoms with Crippen LogP contribution < -0.4 is 5.73 Å². The van der Waals surface area contributed by atoms with Gasteiger partial charge in [0, 0.05) is 17.4 Å². The molecule has 1 aromatic carbocycles. The summed E-state index contributed by atoms with van der Waals surface area (Å²) in [5, 5.41) is 17.3. The molecule has 7 nitrogen and oxygen atoms in total. The first-order valence-electron chi connectivity index (χ1n) is 6.18. The first-order valence-corrected chi connectivity index (χ1v) is 6.18. The third-order valence-electron chi connectivity index (χ3n) is 2.89. The van der Waals surface area contributed by atoms with Crippen molar-refractivity contribution in [3.05, 3.63) is 36.2 Å². The van der Waals surface area contributed by atoms with E-state index in [9.17, 15) is 13.2 Å². The molecule has 0 unspecified atom stereocenters. The average Bonchev–Trinajstić information content (AvgIpc) is 3.07. The number of H-pyrrole nitrogens is 1. The zero-order valence-corrected chi connectivity index (χ0v) is 11.0. The minimum Gasteiger partial charge on any atom is -0.399 e. The second kappa shape index (κ2) is 5.13. The van der Waals surface area contributed by atoms with Crippen LogP contribution >= 0.6 is 0 Å². The molecule has 0 bridgehead atoms. The van der Waals surface area contributed by atoms with Gasteiger partial charge in [-0.15, -0.1) is 5.10 Å². The zero-order chi connectivity index (χ0) is 15.7. The van der Waals surface area contributed by atoms with E-state index in [4.69, 9.17) is 5.73 Å². The second-order valence-electron chi connectivity index (χ2n) is 4.57. The number of aromatic nitrogens is 6.